The maximum absolute atomic E-state index is 14.0. The Bertz CT molecular complexity index is 1120. The lowest BCUT2D eigenvalue weighted by Crippen LogP contribution is -2.49. The number of rotatable bonds is 14. The first-order valence-electron chi connectivity index (χ1n) is 14.5. The molecule has 4 nitrogen and oxygen atoms in total. The largest absolute Gasteiger partial charge is 0.493 e. The smallest absolute Gasteiger partial charge is 0.137 e. The third-order valence-electron chi connectivity index (χ3n) is 8.87. The van der Waals surface area contributed by atoms with E-state index in [4.69, 9.17) is 9.47 Å². The van der Waals surface area contributed by atoms with Crippen LogP contribution in [0.3, 0.4) is 0 Å². The number of carbonyl (C=O) groups is 2. The second-order valence-electron chi connectivity index (χ2n) is 12.6. The second-order valence-corrected chi connectivity index (χ2v) is 12.6. The summed E-state index contributed by atoms with van der Waals surface area (Å²) in [5.74, 6) is 1.74. The van der Waals surface area contributed by atoms with Crippen molar-refractivity contribution < 1.29 is 19.1 Å². The lowest BCUT2D eigenvalue weighted by molar-refractivity contribution is -0.147. The highest BCUT2D eigenvalue weighted by molar-refractivity contribution is 5.92. The van der Waals surface area contributed by atoms with Gasteiger partial charge in [-0.05, 0) is 92.4 Å². The molecule has 0 radical (unpaired) electrons. The first-order chi connectivity index (χ1) is 18.1. The topological polar surface area (TPSA) is 52.6 Å². The van der Waals surface area contributed by atoms with E-state index in [1.807, 2.05) is 25.1 Å². The third-order valence-corrected chi connectivity index (χ3v) is 8.87. The predicted octanol–water partition coefficient (Wildman–Crippen LogP) is 7.95. The Labute approximate surface area is 229 Å². The van der Waals surface area contributed by atoms with Gasteiger partial charge in [0.15, 0.2) is 0 Å². The molecule has 2 saturated carbocycles. The van der Waals surface area contributed by atoms with E-state index in [9.17, 15) is 9.59 Å². The number of hydrogen-bond donors (Lipinski definition) is 0. The molecule has 0 heterocycles. The van der Waals surface area contributed by atoms with Gasteiger partial charge in [-0.2, -0.15) is 0 Å². The second kappa shape index (κ2) is 11.7. The molecule has 4 rings (SSSR count). The summed E-state index contributed by atoms with van der Waals surface area (Å²) in [7, 11) is 0. The molecule has 0 aromatic heterocycles. The van der Waals surface area contributed by atoms with Crippen LogP contribution in [0, 0.1) is 23.7 Å². The van der Waals surface area contributed by atoms with Gasteiger partial charge >= 0.3 is 0 Å². The van der Waals surface area contributed by atoms with Crippen LogP contribution in [0.25, 0.3) is 0 Å². The molecule has 2 fully saturated rings. The van der Waals surface area contributed by atoms with Gasteiger partial charge in [-0.25, -0.2) is 0 Å². The summed E-state index contributed by atoms with van der Waals surface area (Å²) in [4.78, 5) is 26.7. The highest BCUT2D eigenvalue weighted by atomic mass is 16.5. The molecule has 0 bridgehead atoms. The molecule has 2 atom stereocenters. The zero-order chi connectivity index (χ0) is 27.5. The van der Waals surface area contributed by atoms with E-state index in [1.54, 1.807) is 6.92 Å². The van der Waals surface area contributed by atoms with Crippen LogP contribution in [0.4, 0.5) is 0 Å². The van der Waals surface area contributed by atoms with Crippen molar-refractivity contribution in [3.8, 4) is 5.75 Å². The zero-order valence-electron chi connectivity index (χ0n) is 24.3. The van der Waals surface area contributed by atoms with Crippen molar-refractivity contribution in [1.29, 1.82) is 0 Å². The number of benzene rings is 2. The van der Waals surface area contributed by atoms with Crippen LogP contribution in [0.5, 0.6) is 5.75 Å². The zero-order valence-corrected chi connectivity index (χ0v) is 24.3. The molecule has 4 heteroatoms. The van der Waals surface area contributed by atoms with Crippen LogP contribution in [0.1, 0.15) is 107 Å². The highest BCUT2D eigenvalue weighted by Gasteiger charge is 2.53. The van der Waals surface area contributed by atoms with Gasteiger partial charge in [0.25, 0.3) is 0 Å². The number of ether oxygens (including phenoxy) is 2. The maximum Gasteiger partial charge on any atom is 0.137 e. The van der Waals surface area contributed by atoms with Crippen LogP contribution in [-0.2, 0) is 20.9 Å². The molecule has 2 aliphatic rings. The Kier molecular flexibility index (Phi) is 8.82. The Morgan fingerprint density at radius 3 is 2.32 bits per heavy atom. The maximum atomic E-state index is 14.0. The summed E-state index contributed by atoms with van der Waals surface area (Å²) in [6.45, 7) is 14.1. The SMILES string of the molecule is CCOc1c(C2CC2)ccc([C@@H](C)C(CCOCc2ccccc2)C(=O)CC2(C(C)=O)CC(C)(C)C2)c1C. The Balaban J connectivity index is 1.56. The van der Waals surface area contributed by atoms with Crippen LogP contribution >= 0.6 is 0 Å². The Morgan fingerprint density at radius 1 is 1.05 bits per heavy atom. The van der Waals surface area contributed by atoms with Crippen molar-refractivity contribution in [2.45, 2.75) is 98.5 Å². The molecule has 0 amide bonds. The van der Waals surface area contributed by atoms with E-state index < -0.39 is 5.41 Å². The summed E-state index contributed by atoms with van der Waals surface area (Å²) in [6.07, 6.45) is 4.98. The fourth-order valence-corrected chi connectivity index (χ4v) is 6.90. The van der Waals surface area contributed by atoms with Crippen LogP contribution < -0.4 is 4.74 Å². The van der Waals surface area contributed by atoms with Gasteiger partial charge < -0.3 is 9.47 Å². The van der Waals surface area contributed by atoms with E-state index in [0.717, 1.165) is 29.7 Å². The molecule has 206 valence electrons. The Hall–Kier alpha value is -2.46. The lowest BCUT2D eigenvalue weighted by atomic mass is 9.51. The average molecular weight is 519 g/mol. The monoisotopic (exact) mass is 518 g/mol. The van der Waals surface area contributed by atoms with E-state index in [-0.39, 0.29) is 28.8 Å². The van der Waals surface area contributed by atoms with Gasteiger partial charge in [0.05, 0.1) is 13.2 Å². The molecule has 2 aromatic carbocycles. The van der Waals surface area contributed by atoms with Crippen molar-refractivity contribution in [2.75, 3.05) is 13.2 Å². The molecule has 38 heavy (non-hydrogen) atoms. The predicted molar refractivity (Wildman–Crippen MR) is 153 cm³/mol. The first kappa shape index (κ1) is 28.5. The quantitative estimate of drug-likeness (QED) is 0.238. The molecular weight excluding hydrogens is 472 g/mol. The third kappa shape index (κ3) is 6.39. The first-order valence-corrected chi connectivity index (χ1v) is 14.5. The molecule has 2 aliphatic carbocycles. The standard InChI is InChI=1S/C34H46O4/c1-7-38-32-24(3)28(15-16-30(32)27-13-14-27)23(2)29(17-18-37-20-26-11-9-8-10-12-26)31(36)19-34(25(4)35)21-33(5,6)22-34/h8-12,15-16,23,27,29H,7,13-14,17-22H2,1-6H3/t23-,29?/m1/s1. The normalized spacial score (nSPS) is 19.3. The molecule has 1 unspecified atom stereocenters. The molecule has 2 aromatic rings. The van der Waals surface area contributed by atoms with Gasteiger partial charge in [0.1, 0.15) is 17.3 Å². The minimum absolute atomic E-state index is 0.00683. The number of Topliss-reactive ketones (excluding diaryl/α,β-unsaturated/α-hetero) is 2. The van der Waals surface area contributed by atoms with Gasteiger partial charge in [-0.15, -0.1) is 0 Å². The summed E-state index contributed by atoms with van der Waals surface area (Å²) in [6, 6.07) is 14.6. The van der Waals surface area contributed by atoms with Gasteiger partial charge in [-0.1, -0.05) is 63.2 Å². The van der Waals surface area contributed by atoms with E-state index in [1.165, 1.54) is 24.0 Å². The van der Waals surface area contributed by atoms with Gasteiger partial charge in [0.2, 0.25) is 0 Å². The fourth-order valence-electron chi connectivity index (χ4n) is 6.90. The van der Waals surface area contributed by atoms with E-state index >= 15 is 0 Å². The van der Waals surface area contributed by atoms with Crippen LogP contribution in [0.2, 0.25) is 0 Å². The van der Waals surface area contributed by atoms with Crippen molar-refractivity contribution >= 4 is 11.6 Å². The van der Waals surface area contributed by atoms with E-state index in [2.05, 4.69) is 52.0 Å². The van der Waals surface area contributed by atoms with Gasteiger partial charge in [-0.3, -0.25) is 9.59 Å². The number of hydrogen-bond acceptors (Lipinski definition) is 4. The highest BCUT2D eigenvalue weighted by Crippen LogP contribution is 2.57. The molecule has 0 N–H and O–H groups in total. The van der Waals surface area contributed by atoms with Crippen molar-refractivity contribution in [3.05, 3.63) is 64.7 Å². The summed E-state index contributed by atoms with van der Waals surface area (Å²) in [5.41, 5.74) is 4.37. The number of carbonyl (C=O) groups excluding carboxylic acids is 2. The average Bonchev–Trinajstić information content (AvgIpc) is 3.69. The molecular formula is C34H46O4. The summed E-state index contributed by atoms with van der Waals surface area (Å²) >= 11 is 0. The number of ketones is 2. The minimum atomic E-state index is -0.509. The molecule has 0 aliphatic heterocycles. The summed E-state index contributed by atoms with van der Waals surface area (Å²) in [5, 5.41) is 0. The minimum Gasteiger partial charge on any atom is -0.493 e. The molecule has 0 saturated heterocycles. The van der Waals surface area contributed by atoms with E-state index in [0.29, 0.717) is 38.6 Å². The molecule has 0 spiro atoms. The van der Waals surface area contributed by atoms with Gasteiger partial charge in [0, 0.05) is 24.4 Å². The van der Waals surface area contributed by atoms with Crippen molar-refractivity contribution in [3.63, 3.8) is 0 Å². The Morgan fingerprint density at radius 2 is 1.74 bits per heavy atom. The summed E-state index contributed by atoms with van der Waals surface area (Å²) < 4.78 is 12.2. The van der Waals surface area contributed by atoms with Crippen molar-refractivity contribution in [1.82, 2.24) is 0 Å². The van der Waals surface area contributed by atoms with Crippen LogP contribution in [-0.4, -0.2) is 24.8 Å². The lowest BCUT2D eigenvalue weighted by Gasteiger charge is -2.52. The van der Waals surface area contributed by atoms with Crippen LogP contribution in [0.15, 0.2) is 42.5 Å². The van der Waals surface area contributed by atoms with Crippen molar-refractivity contribution in [2.24, 2.45) is 16.7 Å². The fraction of sp³-hybridized carbons (Fsp3) is 0.588.